The van der Waals surface area contributed by atoms with Crippen LogP contribution in [0, 0.1) is 0 Å². The summed E-state index contributed by atoms with van der Waals surface area (Å²) in [5.74, 6) is 1.62. The van der Waals surface area contributed by atoms with Gasteiger partial charge in [-0.3, -0.25) is 4.98 Å². The van der Waals surface area contributed by atoms with Crippen LogP contribution in [-0.4, -0.2) is 12.0 Å². The lowest BCUT2D eigenvalue weighted by molar-refractivity contribution is 0.479. The van der Waals surface area contributed by atoms with Crippen molar-refractivity contribution < 1.29 is 4.74 Å². The molecule has 0 fully saturated rings. The first-order valence-electron chi connectivity index (χ1n) is 6.72. The molecule has 0 aliphatic heterocycles. The lowest BCUT2D eigenvalue weighted by atomic mass is 10.2. The number of nitrogens with zero attached hydrogens (tertiary/aromatic N) is 1. The van der Waals surface area contributed by atoms with Crippen LogP contribution in [0.15, 0.2) is 54.7 Å². The van der Waals surface area contributed by atoms with Gasteiger partial charge in [0.05, 0.1) is 5.52 Å². The third-order valence-corrected chi connectivity index (χ3v) is 3.46. The van der Waals surface area contributed by atoms with E-state index in [4.69, 9.17) is 16.3 Å². The van der Waals surface area contributed by atoms with Gasteiger partial charge in [0.2, 0.25) is 0 Å². The van der Waals surface area contributed by atoms with Crippen LogP contribution in [0.3, 0.4) is 0 Å². The largest absolute Gasteiger partial charge is 0.456 e. The van der Waals surface area contributed by atoms with E-state index in [1.807, 2.05) is 55.6 Å². The molecule has 106 valence electrons. The zero-order valence-electron chi connectivity index (χ0n) is 11.6. The highest BCUT2D eigenvalue weighted by atomic mass is 35.5. The number of nitrogens with one attached hydrogen (secondary N) is 1. The molecule has 3 nitrogen and oxygen atoms in total. The lowest BCUT2D eigenvalue weighted by Crippen LogP contribution is -2.06. The minimum Gasteiger partial charge on any atom is -0.456 e. The number of halogens is 1. The fourth-order valence-corrected chi connectivity index (χ4v) is 2.41. The van der Waals surface area contributed by atoms with Crippen LogP contribution in [0.25, 0.3) is 10.9 Å². The molecular formula is C17H15ClN2O. The molecule has 1 aromatic heterocycles. The van der Waals surface area contributed by atoms with Gasteiger partial charge in [-0.15, -0.1) is 0 Å². The van der Waals surface area contributed by atoms with Crippen LogP contribution in [0.5, 0.6) is 11.5 Å². The fraction of sp³-hybridized carbons (Fsp3) is 0.118. The summed E-state index contributed by atoms with van der Waals surface area (Å²) in [7, 11) is 1.92. The molecule has 0 spiro atoms. The first-order valence-corrected chi connectivity index (χ1v) is 7.10. The molecule has 0 aliphatic carbocycles. The van der Waals surface area contributed by atoms with Crippen LogP contribution in [-0.2, 0) is 6.54 Å². The molecule has 21 heavy (non-hydrogen) atoms. The highest BCUT2D eigenvalue weighted by Crippen LogP contribution is 2.31. The van der Waals surface area contributed by atoms with Gasteiger partial charge in [0.25, 0.3) is 0 Å². The first kappa shape index (κ1) is 13.9. The van der Waals surface area contributed by atoms with E-state index < -0.39 is 0 Å². The summed E-state index contributed by atoms with van der Waals surface area (Å²) in [4.78, 5) is 4.33. The lowest BCUT2D eigenvalue weighted by Gasteiger charge is -2.12. The highest BCUT2D eigenvalue weighted by molar-refractivity contribution is 6.31. The number of benzene rings is 2. The van der Waals surface area contributed by atoms with E-state index >= 15 is 0 Å². The van der Waals surface area contributed by atoms with Gasteiger partial charge in [-0.2, -0.15) is 0 Å². The molecule has 3 aromatic rings. The van der Waals surface area contributed by atoms with Crippen LogP contribution < -0.4 is 10.1 Å². The number of ether oxygens (including phenoxy) is 1. The minimum atomic E-state index is 0.669. The average Bonchev–Trinajstić information content (AvgIpc) is 2.49. The Kier molecular flexibility index (Phi) is 4.04. The number of aromatic nitrogens is 1. The zero-order valence-corrected chi connectivity index (χ0v) is 12.4. The van der Waals surface area contributed by atoms with Crippen molar-refractivity contribution in [2.24, 2.45) is 0 Å². The Labute approximate surface area is 128 Å². The van der Waals surface area contributed by atoms with E-state index in [9.17, 15) is 0 Å². The number of para-hydroxylation sites is 1. The maximum Gasteiger partial charge on any atom is 0.138 e. The predicted octanol–water partition coefficient (Wildman–Crippen LogP) is 4.40. The normalized spacial score (nSPS) is 10.8. The Balaban J connectivity index is 2.02. The fourth-order valence-electron chi connectivity index (χ4n) is 2.24. The summed E-state index contributed by atoms with van der Waals surface area (Å²) in [6.07, 6.45) is 1.73. The number of rotatable bonds is 4. The van der Waals surface area contributed by atoms with Gasteiger partial charge < -0.3 is 10.1 Å². The second kappa shape index (κ2) is 6.12. The average molecular weight is 299 g/mol. The highest BCUT2D eigenvalue weighted by Gasteiger charge is 2.07. The smallest absolute Gasteiger partial charge is 0.138 e. The van der Waals surface area contributed by atoms with E-state index in [1.54, 1.807) is 6.20 Å². The quantitative estimate of drug-likeness (QED) is 0.775. The summed E-state index contributed by atoms with van der Waals surface area (Å²) in [5.41, 5.74) is 1.94. The maximum atomic E-state index is 6.09. The number of hydrogen-bond donors (Lipinski definition) is 1. The summed E-state index contributed by atoms with van der Waals surface area (Å²) in [6.45, 7) is 0.755. The molecule has 4 heteroatoms. The third kappa shape index (κ3) is 2.99. The first-order chi connectivity index (χ1) is 10.3. The van der Waals surface area contributed by atoms with Gasteiger partial charge in [-0.05, 0) is 37.4 Å². The molecule has 3 rings (SSSR count). The number of hydrogen-bond acceptors (Lipinski definition) is 3. The van der Waals surface area contributed by atoms with Crippen LogP contribution >= 0.6 is 11.6 Å². The number of fused-ring (bicyclic) bond motifs is 1. The molecule has 1 N–H and O–H groups in total. The summed E-state index contributed by atoms with van der Waals surface area (Å²) in [5, 5.41) is 4.76. The van der Waals surface area contributed by atoms with E-state index in [0.29, 0.717) is 5.02 Å². The summed E-state index contributed by atoms with van der Waals surface area (Å²) < 4.78 is 6.09. The molecule has 0 unspecified atom stereocenters. The molecule has 1 heterocycles. The summed E-state index contributed by atoms with van der Waals surface area (Å²) in [6, 6.07) is 15.5. The minimum absolute atomic E-state index is 0.669. The Hall–Kier alpha value is -2.10. The van der Waals surface area contributed by atoms with E-state index in [0.717, 1.165) is 34.5 Å². The summed E-state index contributed by atoms with van der Waals surface area (Å²) >= 11 is 6.01. The van der Waals surface area contributed by atoms with Crippen LogP contribution in [0.1, 0.15) is 5.56 Å². The van der Waals surface area contributed by atoms with Crippen molar-refractivity contribution in [2.75, 3.05) is 7.05 Å². The van der Waals surface area contributed by atoms with E-state index in [2.05, 4.69) is 10.3 Å². The third-order valence-electron chi connectivity index (χ3n) is 3.22. The molecule has 0 amide bonds. The van der Waals surface area contributed by atoms with Crippen molar-refractivity contribution in [3.8, 4) is 11.5 Å². The Bertz CT molecular complexity index is 774. The zero-order chi connectivity index (χ0) is 14.7. The van der Waals surface area contributed by atoms with Crippen molar-refractivity contribution in [1.82, 2.24) is 10.3 Å². The monoisotopic (exact) mass is 298 g/mol. The second-order valence-corrected chi connectivity index (χ2v) is 5.15. The van der Waals surface area contributed by atoms with Crippen molar-refractivity contribution in [1.29, 1.82) is 0 Å². The van der Waals surface area contributed by atoms with Crippen LogP contribution in [0.2, 0.25) is 5.02 Å². The molecule has 0 radical (unpaired) electrons. The molecule has 0 bridgehead atoms. The van der Waals surface area contributed by atoms with Gasteiger partial charge >= 0.3 is 0 Å². The van der Waals surface area contributed by atoms with Crippen molar-refractivity contribution in [3.63, 3.8) is 0 Å². The standard InChI is InChI=1S/C17H15ClN2O/c1-19-11-12-4-2-3-5-16(12)21-17-8-9-20-15-10-13(18)6-7-14(15)17/h2-10,19H,11H2,1H3. The van der Waals surface area contributed by atoms with Gasteiger partial charge in [0.1, 0.15) is 11.5 Å². The predicted molar refractivity (Wildman–Crippen MR) is 86.0 cm³/mol. The number of pyridine rings is 1. The molecule has 0 saturated carbocycles. The molecule has 2 aromatic carbocycles. The Morgan fingerprint density at radius 3 is 2.81 bits per heavy atom. The van der Waals surface area contributed by atoms with Gasteiger partial charge in [0.15, 0.2) is 0 Å². The molecule has 0 atom stereocenters. The van der Waals surface area contributed by atoms with Gasteiger partial charge in [0, 0.05) is 28.7 Å². The maximum absolute atomic E-state index is 6.09. The van der Waals surface area contributed by atoms with E-state index in [-0.39, 0.29) is 0 Å². The van der Waals surface area contributed by atoms with Gasteiger partial charge in [-0.25, -0.2) is 0 Å². The molecule has 0 saturated heterocycles. The van der Waals surface area contributed by atoms with Crippen molar-refractivity contribution >= 4 is 22.5 Å². The van der Waals surface area contributed by atoms with Gasteiger partial charge in [-0.1, -0.05) is 29.8 Å². The SMILES string of the molecule is CNCc1ccccc1Oc1ccnc2cc(Cl)ccc12. The molecular weight excluding hydrogens is 284 g/mol. The Morgan fingerprint density at radius 2 is 1.95 bits per heavy atom. The van der Waals surface area contributed by atoms with E-state index in [1.165, 1.54) is 0 Å². The van der Waals surface area contributed by atoms with Crippen molar-refractivity contribution in [2.45, 2.75) is 6.54 Å². The molecule has 0 aliphatic rings. The Morgan fingerprint density at radius 1 is 1.10 bits per heavy atom. The second-order valence-electron chi connectivity index (χ2n) is 4.71. The van der Waals surface area contributed by atoms with Crippen molar-refractivity contribution in [3.05, 3.63) is 65.3 Å². The van der Waals surface area contributed by atoms with Crippen LogP contribution in [0.4, 0.5) is 0 Å². The topological polar surface area (TPSA) is 34.1 Å².